The van der Waals surface area contributed by atoms with Gasteiger partial charge in [0.2, 0.25) is 5.91 Å². The zero-order valence-electron chi connectivity index (χ0n) is 11.5. The molecule has 1 aromatic carbocycles. The summed E-state index contributed by atoms with van der Waals surface area (Å²) in [7, 11) is 0. The fourth-order valence-corrected chi connectivity index (χ4v) is 2.15. The standard InChI is InChI=1S/C14H19N5O/c1-2-19(9-13(15)20)8-11-7-10-5-3-4-6-12(10)17-14(11)18-16/h3-7H,2,8-9,16H2,1H3,(H2,15,20)(H,17,18). The Balaban J connectivity index is 2.34. The molecule has 0 spiro atoms. The fraction of sp³-hybridized carbons (Fsp3) is 0.286. The van der Waals surface area contributed by atoms with E-state index < -0.39 is 0 Å². The molecule has 0 saturated carbocycles. The molecule has 2 aromatic rings. The predicted octanol–water partition coefficient (Wildman–Crippen LogP) is 0.828. The van der Waals surface area contributed by atoms with Crippen LogP contribution in [0.25, 0.3) is 10.9 Å². The van der Waals surface area contributed by atoms with E-state index in [4.69, 9.17) is 11.6 Å². The van der Waals surface area contributed by atoms with E-state index in [0.717, 1.165) is 23.0 Å². The van der Waals surface area contributed by atoms with E-state index in [1.54, 1.807) is 0 Å². The van der Waals surface area contributed by atoms with Gasteiger partial charge in [-0.2, -0.15) is 0 Å². The monoisotopic (exact) mass is 273 g/mol. The molecule has 6 heteroatoms. The molecule has 20 heavy (non-hydrogen) atoms. The van der Waals surface area contributed by atoms with Gasteiger partial charge in [0.05, 0.1) is 12.1 Å². The number of carbonyl (C=O) groups is 1. The molecule has 0 atom stereocenters. The molecule has 106 valence electrons. The Hall–Kier alpha value is -2.18. The van der Waals surface area contributed by atoms with Crippen LogP contribution in [-0.4, -0.2) is 28.9 Å². The summed E-state index contributed by atoms with van der Waals surface area (Å²) < 4.78 is 0. The lowest BCUT2D eigenvalue weighted by Crippen LogP contribution is -2.33. The van der Waals surface area contributed by atoms with E-state index in [0.29, 0.717) is 12.4 Å². The Morgan fingerprint density at radius 2 is 2.15 bits per heavy atom. The minimum atomic E-state index is -0.345. The van der Waals surface area contributed by atoms with Gasteiger partial charge >= 0.3 is 0 Å². The maximum absolute atomic E-state index is 11.1. The molecule has 0 aliphatic carbocycles. The third-order valence-electron chi connectivity index (χ3n) is 3.16. The molecular weight excluding hydrogens is 254 g/mol. The van der Waals surface area contributed by atoms with Crippen LogP contribution in [0.15, 0.2) is 30.3 Å². The Labute approximate surface area is 117 Å². The van der Waals surface area contributed by atoms with Crippen molar-refractivity contribution in [2.75, 3.05) is 18.5 Å². The summed E-state index contributed by atoms with van der Waals surface area (Å²) in [6.45, 7) is 3.48. The van der Waals surface area contributed by atoms with E-state index in [2.05, 4.69) is 10.4 Å². The first kappa shape index (κ1) is 14.2. The number of hydrazine groups is 1. The second kappa shape index (κ2) is 6.31. The molecule has 0 unspecified atom stereocenters. The largest absolute Gasteiger partial charge is 0.369 e. The Bertz CT molecular complexity index is 614. The van der Waals surface area contributed by atoms with Crippen LogP contribution in [-0.2, 0) is 11.3 Å². The van der Waals surface area contributed by atoms with Gasteiger partial charge in [-0.25, -0.2) is 10.8 Å². The molecule has 0 fully saturated rings. The SMILES string of the molecule is CCN(CC(N)=O)Cc1cc2ccccc2nc1NN. The van der Waals surface area contributed by atoms with Crippen molar-refractivity contribution < 1.29 is 4.79 Å². The number of nitrogens with two attached hydrogens (primary N) is 2. The van der Waals surface area contributed by atoms with Crippen LogP contribution in [0.3, 0.4) is 0 Å². The lowest BCUT2D eigenvalue weighted by molar-refractivity contribution is -0.119. The summed E-state index contributed by atoms with van der Waals surface area (Å²) in [4.78, 5) is 17.5. The Kier molecular flexibility index (Phi) is 4.49. The maximum atomic E-state index is 11.1. The Morgan fingerprint density at radius 1 is 1.40 bits per heavy atom. The number of benzene rings is 1. The minimum Gasteiger partial charge on any atom is -0.369 e. The Morgan fingerprint density at radius 3 is 2.80 bits per heavy atom. The third-order valence-corrected chi connectivity index (χ3v) is 3.16. The zero-order chi connectivity index (χ0) is 14.5. The topological polar surface area (TPSA) is 97.3 Å². The van der Waals surface area contributed by atoms with Crippen molar-refractivity contribution in [1.29, 1.82) is 0 Å². The van der Waals surface area contributed by atoms with Gasteiger partial charge in [0.25, 0.3) is 0 Å². The van der Waals surface area contributed by atoms with Gasteiger partial charge in [-0.15, -0.1) is 0 Å². The number of pyridine rings is 1. The zero-order valence-corrected chi connectivity index (χ0v) is 11.5. The van der Waals surface area contributed by atoms with Crippen LogP contribution < -0.4 is 17.0 Å². The van der Waals surface area contributed by atoms with Crippen molar-refractivity contribution in [2.24, 2.45) is 11.6 Å². The highest BCUT2D eigenvalue weighted by atomic mass is 16.1. The second-order valence-electron chi connectivity index (χ2n) is 4.60. The van der Waals surface area contributed by atoms with Gasteiger partial charge in [-0.1, -0.05) is 25.1 Å². The van der Waals surface area contributed by atoms with Gasteiger partial charge < -0.3 is 11.2 Å². The first-order valence-corrected chi connectivity index (χ1v) is 6.50. The van der Waals surface area contributed by atoms with E-state index >= 15 is 0 Å². The van der Waals surface area contributed by atoms with Gasteiger partial charge in [0.15, 0.2) is 0 Å². The normalized spacial score (nSPS) is 10.9. The highest BCUT2D eigenvalue weighted by molar-refractivity contribution is 5.81. The fourth-order valence-electron chi connectivity index (χ4n) is 2.15. The molecule has 6 nitrogen and oxygen atoms in total. The number of nitrogens with zero attached hydrogens (tertiary/aromatic N) is 2. The predicted molar refractivity (Wildman–Crippen MR) is 79.7 cm³/mol. The van der Waals surface area contributed by atoms with Crippen molar-refractivity contribution in [1.82, 2.24) is 9.88 Å². The molecule has 0 bridgehead atoms. The van der Waals surface area contributed by atoms with E-state index in [1.807, 2.05) is 42.2 Å². The van der Waals surface area contributed by atoms with E-state index in [9.17, 15) is 4.79 Å². The number of nitrogens with one attached hydrogen (secondary N) is 1. The number of primary amides is 1. The van der Waals surface area contributed by atoms with Crippen LogP contribution >= 0.6 is 0 Å². The maximum Gasteiger partial charge on any atom is 0.231 e. The number of amides is 1. The van der Waals surface area contributed by atoms with E-state index in [1.165, 1.54) is 0 Å². The molecule has 1 amide bonds. The van der Waals surface area contributed by atoms with Crippen molar-refractivity contribution in [2.45, 2.75) is 13.5 Å². The number of carbonyl (C=O) groups excluding carboxylic acids is 1. The quantitative estimate of drug-likeness (QED) is 0.535. The first-order valence-electron chi connectivity index (χ1n) is 6.50. The summed E-state index contributed by atoms with van der Waals surface area (Å²) in [6.07, 6.45) is 0. The van der Waals surface area contributed by atoms with Crippen LogP contribution in [0.4, 0.5) is 5.82 Å². The molecule has 0 saturated heterocycles. The van der Waals surface area contributed by atoms with Crippen molar-refractivity contribution in [3.63, 3.8) is 0 Å². The van der Waals surface area contributed by atoms with Gasteiger partial charge in [0, 0.05) is 17.5 Å². The number of rotatable bonds is 6. The lowest BCUT2D eigenvalue weighted by atomic mass is 10.1. The molecule has 1 heterocycles. The van der Waals surface area contributed by atoms with Gasteiger partial charge in [-0.05, 0) is 18.7 Å². The summed E-state index contributed by atoms with van der Waals surface area (Å²) in [5.74, 6) is 5.81. The van der Waals surface area contributed by atoms with Crippen molar-refractivity contribution in [3.05, 3.63) is 35.9 Å². The summed E-state index contributed by atoms with van der Waals surface area (Å²) in [6, 6.07) is 9.85. The van der Waals surface area contributed by atoms with E-state index in [-0.39, 0.29) is 12.5 Å². The minimum absolute atomic E-state index is 0.216. The van der Waals surface area contributed by atoms with Crippen molar-refractivity contribution >= 4 is 22.6 Å². The molecule has 2 rings (SSSR count). The highest BCUT2D eigenvalue weighted by Gasteiger charge is 2.11. The first-order chi connectivity index (χ1) is 9.63. The molecule has 0 aliphatic rings. The average molecular weight is 273 g/mol. The average Bonchev–Trinajstić information content (AvgIpc) is 2.45. The molecule has 1 aromatic heterocycles. The second-order valence-corrected chi connectivity index (χ2v) is 4.60. The number of hydrogen-bond acceptors (Lipinski definition) is 5. The number of nitrogen functional groups attached to an aromatic ring is 1. The molecule has 0 radical (unpaired) electrons. The number of aromatic nitrogens is 1. The molecule has 5 N–H and O–H groups in total. The smallest absolute Gasteiger partial charge is 0.231 e. The highest BCUT2D eigenvalue weighted by Crippen LogP contribution is 2.21. The molecule has 0 aliphatic heterocycles. The number of hydrogen-bond donors (Lipinski definition) is 3. The third kappa shape index (κ3) is 3.23. The van der Waals surface area contributed by atoms with Gasteiger partial charge in [0.1, 0.15) is 5.82 Å². The summed E-state index contributed by atoms with van der Waals surface area (Å²) >= 11 is 0. The number of para-hydroxylation sites is 1. The van der Waals surface area contributed by atoms with Crippen LogP contribution in [0, 0.1) is 0 Å². The molecular formula is C14H19N5O. The number of fused-ring (bicyclic) bond motifs is 1. The van der Waals surface area contributed by atoms with Crippen LogP contribution in [0.1, 0.15) is 12.5 Å². The van der Waals surface area contributed by atoms with Gasteiger partial charge in [-0.3, -0.25) is 9.69 Å². The lowest BCUT2D eigenvalue weighted by Gasteiger charge is -2.20. The number of likely N-dealkylation sites (N-methyl/N-ethyl adjacent to an activating group) is 1. The van der Waals surface area contributed by atoms with Crippen LogP contribution in [0.2, 0.25) is 0 Å². The van der Waals surface area contributed by atoms with Crippen LogP contribution in [0.5, 0.6) is 0 Å². The van der Waals surface area contributed by atoms with Crippen molar-refractivity contribution in [3.8, 4) is 0 Å². The summed E-state index contributed by atoms with van der Waals surface area (Å²) in [5.41, 5.74) is 9.68. The summed E-state index contributed by atoms with van der Waals surface area (Å²) in [5, 5.41) is 1.04. The number of anilines is 1.